The number of hydrogen-bond acceptors (Lipinski definition) is 1. The second-order valence-corrected chi connectivity index (χ2v) is 3.10. The SMILES string of the molecule is OC(F)(F)C(F)C(F)C(F)C(F)C(F)C(F)F. The number of hydrogen-bond donors (Lipinski definition) is 1. The van der Waals surface area contributed by atoms with Crippen LogP contribution in [0.1, 0.15) is 0 Å². The maximum atomic E-state index is 12.6. The van der Waals surface area contributed by atoms with Crippen molar-refractivity contribution < 1.29 is 44.6 Å². The topological polar surface area (TPSA) is 20.2 Å². The second-order valence-electron chi connectivity index (χ2n) is 3.10. The minimum absolute atomic E-state index is 3.79. The van der Waals surface area contributed by atoms with Crippen LogP contribution in [0.4, 0.5) is 39.5 Å². The fourth-order valence-electron chi connectivity index (χ4n) is 0.843. The molecule has 0 rings (SSSR count). The van der Waals surface area contributed by atoms with Gasteiger partial charge in [-0.25, -0.2) is 30.7 Å². The zero-order valence-corrected chi connectivity index (χ0v) is 7.81. The molecule has 0 fully saturated rings. The van der Waals surface area contributed by atoms with E-state index in [1.54, 1.807) is 0 Å². The van der Waals surface area contributed by atoms with Gasteiger partial charge >= 0.3 is 6.11 Å². The molecule has 0 aliphatic heterocycles. The summed E-state index contributed by atoms with van der Waals surface area (Å²) in [5, 5.41) is 7.66. The average molecular weight is 278 g/mol. The third-order valence-electron chi connectivity index (χ3n) is 1.76. The van der Waals surface area contributed by atoms with Crippen molar-refractivity contribution in [3.8, 4) is 0 Å². The highest BCUT2D eigenvalue weighted by molar-refractivity contribution is 4.89. The van der Waals surface area contributed by atoms with E-state index < -0.39 is 43.4 Å². The van der Waals surface area contributed by atoms with Crippen LogP contribution in [0, 0.1) is 0 Å². The summed E-state index contributed by atoms with van der Waals surface area (Å²) in [5.74, 6) is 0. The molecule has 10 heteroatoms. The molecular formula is C7H7F9O. The van der Waals surface area contributed by atoms with Crippen molar-refractivity contribution in [2.24, 2.45) is 0 Å². The molecular weight excluding hydrogens is 271 g/mol. The Morgan fingerprint density at radius 3 is 1.29 bits per heavy atom. The van der Waals surface area contributed by atoms with Gasteiger partial charge in [0.25, 0.3) is 6.43 Å². The molecule has 0 amide bonds. The predicted octanol–water partition coefficient (Wildman–Crippen LogP) is 2.53. The average Bonchev–Trinajstić information content (AvgIpc) is 2.22. The summed E-state index contributed by atoms with van der Waals surface area (Å²) >= 11 is 0. The zero-order valence-electron chi connectivity index (χ0n) is 7.81. The first-order valence-corrected chi connectivity index (χ1v) is 4.08. The van der Waals surface area contributed by atoms with Gasteiger partial charge in [0.2, 0.25) is 6.17 Å². The lowest BCUT2D eigenvalue weighted by molar-refractivity contribution is -0.258. The summed E-state index contributed by atoms with van der Waals surface area (Å²) in [6, 6.07) is 0. The maximum absolute atomic E-state index is 12.6. The Labute approximate surface area is 89.2 Å². The van der Waals surface area contributed by atoms with Crippen molar-refractivity contribution in [1.29, 1.82) is 0 Å². The maximum Gasteiger partial charge on any atom is 0.387 e. The van der Waals surface area contributed by atoms with E-state index in [4.69, 9.17) is 5.11 Å². The third-order valence-corrected chi connectivity index (χ3v) is 1.76. The molecule has 1 N–H and O–H groups in total. The molecule has 1 nitrogen and oxygen atoms in total. The van der Waals surface area contributed by atoms with Crippen molar-refractivity contribution >= 4 is 0 Å². The van der Waals surface area contributed by atoms with Gasteiger partial charge in [-0.05, 0) is 0 Å². The van der Waals surface area contributed by atoms with E-state index >= 15 is 0 Å². The van der Waals surface area contributed by atoms with Gasteiger partial charge in [-0.3, -0.25) is 0 Å². The van der Waals surface area contributed by atoms with Crippen LogP contribution in [0.5, 0.6) is 0 Å². The van der Waals surface area contributed by atoms with Crippen LogP contribution in [0.15, 0.2) is 0 Å². The summed E-state index contributed by atoms with van der Waals surface area (Å²) < 4.78 is 109. The molecule has 0 aliphatic carbocycles. The first-order chi connectivity index (χ1) is 7.50. The van der Waals surface area contributed by atoms with E-state index in [0.717, 1.165) is 0 Å². The lowest BCUT2D eigenvalue weighted by Gasteiger charge is -2.24. The van der Waals surface area contributed by atoms with Gasteiger partial charge in [-0.1, -0.05) is 0 Å². The first-order valence-electron chi connectivity index (χ1n) is 4.08. The highest BCUT2D eigenvalue weighted by atomic mass is 19.3. The van der Waals surface area contributed by atoms with Crippen LogP contribution >= 0.6 is 0 Å². The molecule has 0 saturated carbocycles. The molecule has 0 bridgehead atoms. The third kappa shape index (κ3) is 4.25. The predicted molar refractivity (Wildman–Crippen MR) is 37.6 cm³/mol. The van der Waals surface area contributed by atoms with Crippen LogP contribution in [-0.4, -0.2) is 48.5 Å². The molecule has 0 aromatic heterocycles. The van der Waals surface area contributed by atoms with Crippen molar-refractivity contribution in [3.05, 3.63) is 0 Å². The Balaban J connectivity index is 4.65. The fourth-order valence-corrected chi connectivity index (χ4v) is 0.843. The monoisotopic (exact) mass is 278 g/mol. The summed E-state index contributed by atoms with van der Waals surface area (Å²) in [6.07, 6.45) is -29.0. The summed E-state index contributed by atoms with van der Waals surface area (Å²) in [6.45, 7) is 0. The number of rotatable bonds is 6. The number of halogens is 9. The van der Waals surface area contributed by atoms with Crippen molar-refractivity contribution in [2.75, 3.05) is 0 Å². The minimum atomic E-state index is -5.33. The van der Waals surface area contributed by atoms with E-state index in [2.05, 4.69) is 0 Å². The smallest absolute Gasteiger partial charge is 0.334 e. The summed E-state index contributed by atoms with van der Waals surface area (Å²) in [7, 11) is 0. The molecule has 5 unspecified atom stereocenters. The van der Waals surface area contributed by atoms with E-state index in [1.165, 1.54) is 0 Å². The Kier molecular flexibility index (Phi) is 5.56. The van der Waals surface area contributed by atoms with E-state index in [-0.39, 0.29) is 0 Å². The van der Waals surface area contributed by atoms with E-state index in [0.29, 0.717) is 0 Å². The minimum Gasteiger partial charge on any atom is -0.334 e. The number of aliphatic hydroxyl groups is 1. The van der Waals surface area contributed by atoms with E-state index in [9.17, 15) is 39.5 Å². The van der Waals surface area contributed by atoms with Crippen LogP contribution in [0.2, 0.25) is 0 Å². The summed E-state index contributed by atoms with van der Waals surface area (Å²) in [4.78, 5) is 0. The standard InChI is InChI=1S/C7H7F9O/c8-1(2(9)4(11)6(13)14)3(10)5(12)7(15,16)17/h1-6,17H. The molecule has 0 aliphatic rings. The van der Waals surface area contributed by atoms with Crippen LogP contribution in [-0.2, 0) is 0 Å². The first kappa shape index (κ1) is 16.3. The quantitative estimate of drug-likeness (QED) is 0.740. The van der Waals surface area contributed by atoms with Gasteiger partial charge in [0, 0.05) is 0 Å². The Morgan fingerprint density at radius 2 is 1.00 bits per heavy atom. The largest absolute Gasteiger partial charge is 0.387 e. The lowest BCUT2D eigenvalue weighted by atomic mass is 10.0. The Hall–Kier alpha value is -0.670. The van der Waals surface area contributed by atoms with Gasteiger partial charge in [0.1, 0.15) is 0 Å². The molecule has 104 valence electrons. The van der Waals surface area contributed by atoms with Gasteiger partial charge in [0.15, 0.2) is 24.7 Å². The highest BCUT2D eigenvalue weighted by Gasteiger charge is 2.51. The molecule has 0 saturated heterocycles. The zero-order chi connectivity index (χ0) is 14.0. The van der Waals surface area contributed by atoms with Crippen LogP contribution in [0.3, 0.4) is 0 Å². The van der Waals surface area contributed by atoms with Gasteiger partial charge in [-0.15, -0.1) is 0 Å². The summed E-state index contributed by atoms with van der Waals surface area (Å²) in [5.41, 5.74) is 0. The van der Waals surface area contributed by atoms with Crippen LogP contribution in [0.25, 0.3) is 0 Å². The second kappa shape index (κ2) is 5.78. The molecule has 5 atom stereocenters. The van der Waals surface area contributed by atoms with E-state index in [1.807, 2.05) is 0 Å². The van der Waals surface area contributed by atoms with Crippen LogP contribution < -0.4 is 0 Å². The number of alkyl halides is 9. The molecule has 17 heavy (non-hydrogen) atoms. The van der Waals surface area contributed by atoms with Crippen molar-refractivity contribution in [1.82, 2.24) is 0 Å². The normalized spacial score (nSPS) is 22.1. The highest BCUT2D eigenvalue weighted by Crippen LogP contribution is 2.29. The van der Waals surface area contributed by atoms with Crippen molar-refractivity contribution in [2.45, 2.75) is 43.4 Å². The lowest BCUT2D eigenvalue weighted by Crippen LogP contribution is -2.47. The van der Waals surface area contributed by atoms with Gasteiger partial charge in [0.05, 0.1) is 0 Å². The Bertz CT molecular complexity index is 230. The van der Waals surface area contributed by atoms with Gasteiger partial charge in [-0.2, -0.15) is 8.78 Å². The molecule has 0 radical (unpaired) electrons. The molecule has 0 aromatic rings. The Morgan fingerprint density at radius 1 is 0.647 bits per heavy atom. The molecule has 0 aromatic carbocycles. The van der Waals surface area contributed by atoms with Gasteiger partial charge < -0.3 is 5.11 Å². The fraction of sp³-hybridized carbons (Fsp3) is 1.00. The molecule has 0 spiro atoms. The van der Waals surface area contributed by atoms with Crippen molar-refractivity contribution in [3.63, 3.8) is 0 Å². The molecule has 0 heterocycles.